The number of rotatable bonds is 4. The van der Waals surface area contributed by atoms with E-state index in [1.54, 1.807) is 18.7 Å². The molecule has 1 amide bonds. The molecule has 1 aliphatic rings. The van der Waals surface area contributed by atoms with Crippen LogP contribution in [0.4, 0.5) is 11.5 Å². The quantitative estimate of drug-likeness (QED) is 0.787. The molecule has 2 aromatic rings. The Morgan fingerprint density at radius 2 is 2.04 bits per heavy atom. The van der Waals surface area contributed by atoms with Gasteiger partial charge in [0, 0.05) is 37.9 Å². The SMILES string of the molecule is COc1cc(N2CCN(C(=O)Cn3nc(N)c(Cl)c3C)CC2)ccc1Br. The second-order valence-electron chi connectivity index (χ2n) is 6.13. The zero-order valence-corrected chi connectivity index (χ0v) is 17.0. The van der Waals surface area contributed by atoms with Crippen LogP contribution in [0.25, 0.3) is 0 Å². The van der Waals surface area contributed by atoms with Crippen LogP contribution in [0.3, 0.4) is 0 Å². The third-order valence-corrected chi connectivity index (χ3v) is 5.70. The number of nitrogens with zero attached hydrogens (tertiary/aromatic N) is 4. The molecular formula is C17H21BrClN5O2. The van der Waals surface area contributed by atoms with Crippen LogP contribution >= 0.6 is 27.5 Å². The van der Waals surface area contributed by atoms with Crippen LogP contribution < -0.4 is 15.4 Å². The second-order valence-corrected chi connectivity index (χ2v) is 7.36. The molecule has 0 radical (unpaired) electrons. The highest BCUT2D eigenvalue weighted by Gasteiger charge is 2.23. The van der Waals surface area contributed by atoms with Crippen LogP contribution in [0.2, 0.25) is 5.02 Å². The maximum Gasteiger partial charge on any atom is 0.244 e. The number of nitrogens with two attached hydrogens (primary N) is 1. The van der Waals surface area contributed by atoms with Crippen LogP contribution in [-0.2, 0) is 11.3 Å². The van der Waals surface area contributed by atoms with Crippen LogP contribution in [0.1, 0.15) is 5.69 Å². The molecule has 26 heavy (non-hydrogen) atoms. The number of methoxy groups -OCH3 is 1. The summed E-state index contributed by atoms with van der Waals surface area (Å²) in [5.74, 6) is 1.07. The predicted molar refractivity (Wildman–Crippen MR) is 106 cm³/mol. The van der Waals surface area contributed by atoms with E-state index in [1.807, 2.05) is 23.1 Å². The molecule has 1 fully saturated rings. The number of piperazine rings is 1. The van der Waals surface area contributed by atoms with Gasteiger partial charge in [0.2, 0.25) is 5.91 Å². The molecule has 140 valence electrons. The van der Waals surface area contributed by atoms with Crippen LogP contribution in [0, 0.1) is 6.92 Å². The lowest BCUT2D eigenvalue weighted by molar-refractivity contribution is -0.132. The van der Waals surface area contributed by atoms with Gasteiger partial charge in [0.25, 0.3) is 0 Å². The van der Waals surface area contributed by atoms with Crippen molar-refractivity contribution < 1.29 is 9.53 Å². The highest BCUT2D eigenvalue weighted by atomic mass is 79.9. The van der Waals surface area contributed by atoms with Crippen molar-refractivity contribution in [2.75, 3.05) is 43.9 Å². The first-order valence-electron chi connectivity index (χ1n) is 8.25. The van der Waals surface area contributed by atoms with Gasteiger partial charge in [-0.25, -0.2) is 0 Å². The van der Waals surface area contributed by atoms with E-state index in [0.717, 1.165) is 29.0 Å². The summed E-state index contributed by atoms with van der Waals surface area (Å²) in [6, 6.07) is 6.02. The number of nitrogen functional groups attached to an aromatic ring is 1. The number of hydrogen-bond donors (Lipinski definition) is 1. The summed E-state index contributed by atoms with van der Waals surface area (Å²) in [6.45, 7) is 4.78. The number of anilines is 2. The Hall–Kier alpha value is -1.93. The van der Waals surface area contributed by atoms with E-state index in [1.165, 1.54) is 0 Å². The summed E-state index contributed by atoms with van der Waals surface area (Å²) in [7, 11) is 1.65. The molecule has 0 aliphatic carbocycles. The van der Waals surface area contributed by atoms with E-state index in [-0.39, 0.29) is 18.3 Å². The fraction of sp³-hybridized carbons (Fsp3) is 0.412. The van der Waals surface area contributed by atoms with E-state index >= 15 is 0 Å². The molecule has 0 atom stereocenters. The molecule has 2 N–H and O–H groups in total. The van der Waals surface area contributed by atoms with Crippen molar-refractivity contribution in [1.29, 1.82) is 0 Å². The molecule has 1 saturated heterocycles. The lowest BCUT2D eigenvalue weighted by atomic mass is 10.2. The summed E-state index contributed by atoms with van der Waals surface area (Å²) in [4.78, 5) is 16.7. The maximum atomic E-state index is 12.6. The van der Waals surface area contributed by atoms with E-state index in [9.17, 15) is 4.79 Å². The number of carbonyl (C=O) groups excluding carboxylic acids is 1. The summed E-state index contributed by atoms with van der Waals surface area (Å²) < 4.78 is 7.84. The molecule has 3 rings (SSSR count). The minimum atomic E-state index is 0.0142. The monoisotopic (exact) mass is 441 g/mol. The van der Waals surface area contributed by atoms with E-state index < -0.39 is 0 Å². The van der Waals surface area contributed by atoms with Crippen LogP contribution in [0.5, 0.6) is 5.75 Å². The zero-order valence-electron chi connectivity index (χ0n) is 14.7. The number of benzene rings is 1. The standard InChI is InChI=1S/C17H21BrClN5O2/c1-11-16(19)17(20)21-24(11)10-15(25)23-7-5-22(6-8-23)12-3-4-13(18)14(9-12)26-2/h3-4,9H,5-8,10H2,1-2H3,(H2,20,21). The molecule has 0 spiro atoms. The van der Waals surface area contributed by atoms with Crippen molar-refractivity contribution in [3.05, 3.63) is 33.4 Å². The molecule has 1 aromatic heterocycles. The Bertz CT molecular complexity index is 818. The van der Waals surface area contributed by atoms with Gasteiger partial charge in [0.1, 0.15) is 17.3 Å². The van der Waals surface area contributed by atoms with Crippen molar-refractivity contribution in [2.45, 2.75) is 13.5 Å². The number of ether oxygens (including phenoxy) is 1. The highest BCUT2D eigenvalue weighted by molar-refractivity contribution is 9.10. The van der Waals surface area contributed by atoms with Crippen molar-refractivity contribution in [2.24, 2.45) is 0 Å². The van der Waals surface area contributed by atoms with Crippen LogP contribution in [-0.4, -0.2) is 53.9 Å². The molecule has 2 heterocycles. The van der Waals surface area contributed by atoms with Gasteiger partial charge in [-0.2, -0.15) is 5.10 Å². The number of halogens is 2. The average Bonchev–Trinajstić information content (AvgIpc) is 2.89. The zero-order chi connectivity index (χ0) is 18.8. The van der Waals surface area contributed by atoms with Crippen molar-refractivity contribution in [3.8, 4) is 5.75 Å². The Kier molecular flexibility index (Phi) is 5.62. The molecule has 0 saturated carbocycles. The smallest absolute Gasteiger partial charge is 0.244 e. The highest BCUT2D eigenvalue weighted by Crippen LogP contribution is 2.30. The van der Waals surface area contributed by atoms with Crippen molar-refractivity contribution >= 4 is 44.9 Å². The summed E-state index contributed by atoms with van der Waals surface area (Å²) >= 11 is 9.50. The summed E-state index contributed by atoms with van der Waals surface area (Å²) in [5.41, 5.74) is 7.49. The van der Waals surface area contributed by atoms with Gasteiger partial charge in [-0.3, -0.25) is 9.48 Å². The molecule has 7 nitrogen and oxygen atoms in total. The topological polar surface area (TPSA) is 76.6 Å². The minimum absolute atomic E-state index is 0.0142. The first-order valence-corrected chi connectivity index (χ1v) is 9.42. The first kappa shape index (κ1) is 18.8. The van der Waals surface area contributed by atoms with Gasteiger partial charge >= 0.3 is 0 Å². The third-order valence-electron chi connectivity index (χ3n) is 4.58. The van der Waals surface area contributed by atoms with Crippen LogP contribution in [0.15, 0.2) is 22.7 Å². The molecule has 9 heteroatoms. The van der Waals surface area contributed by atoms with Crippen molar-refractivity contribution in [1.82, 2.24) is 14.7 Å². The fourth-order valence-corrected chi connectivity index (χ4v) is 3.53. The maximum absolute atomic E-state index is 12.6. The lowest BCUT2D eigenvalue weighted by Gasteiger charge is -2.36. The molecule has 1 aromatic carbocycles. The Labute approximate surface area is 165 Å². The van der Waals surface area contributed by atoms with Gasteiger partial charge in [-0.1, -0.05) is 11.6 Å². The molecule has 0 unspecified atom stereocenters. The number of hydrogen-bond acceptors (Lipinski definition) is 5. The lowest BCUT2D eigenvalue weighted by Crippen LogP contribution is -2.49. The first-order chi connectivity index (χ1) is 12.4. The normalized spacial score (nSPS) is 14.6. The Morgan fingerprint density at radius 3 is 2.62 bits per heavy atom. The van der Waals surface area contributed by atoms with E-state index in [2.05, 4.69) is 25.9 Å². The summed E-state index contributed by atoms with van der Waals surface area (Å²) in [6.07, 6.45) is 0. The van der Waals surface area contributed by atoms with Gasteiger partial charge < -0.3 is 20.3 Å². The molecule has 1 aliphatic heterocycles. The van der Waals surface area contributed by atoms with Gasteiger partial charge in [-0.05, 0) is 35.0 Å². The Morgan fingerprint density at radius 1 is 1.35 bits per heavy atom. The van der Waals surface area contributed by atoms with Gasteiger partial charge in [0.05, 0.1) is 17.3 Å². The summed E-state index contributed by atoms with van der Waals surface area (Å²) in [5, 5.41) is 4.53. The largest absolute Gasteiger partial charge is 0.495 e. The predicted octanol–water partition coefficient (Wildman–Crippen LogP) is 2.55. The number of carbonyl (C=O) groups is 1. The molecular weight excluding hydrogens is 422 g/mol. The third kappa shape index (κ3) is 3.76. The second kappa shape index (κ2) is 7.75. The minimum Gasteiger partial charge on any atom is -0.495 e. The van der Waals surface area contributed by atoms with E-state index in [0.29, 0.717) is 23.8 Å². The van der Waals surface area contributed by atoms with E-state index in [4.69, 9.17) is 22.1 Å². The Balaban J connectivity index is 1.61. The molecule has 0 bridgehead atoms. The van der Waals surface area contributed by atoms with Gasteiger partial charge in [0.15, 0.2) is 5.82 Å². The van der Waals surface area contributed by atoms with Crippen molar-refractivity contribution in [3.63, 3.8) is 0 Å². The van der Waals surface area contributed by atoms with Gasteiger partial charge in [-0.15, -0.1) is 0 Å². The fourth-order valence-electron chi connectivity index (χ4n) is 2.99. The number of amides is 1. The number of aromatic nitrogens is 2. The average molecular weight is 443 g/mol.